The van der Waals surface area contributed by atoms with E-state index in [1.165, 1.54) is 29.6 Å². The molecule has 0 radical (unpaired) electrons. The van der Waals surface area contributed by atoms with E-state index < -0.39 is 33.3 Å². The normalized spacial score (nSPS) is 22.5. The number of methoxy groups -OCH3 is 1. The molecule has 3 amide bonds. The average Bonchev–Trinajstić information content (AvgIpc) is 3.03. The van der Waals surface area contributed by atoms with Gasteiger partial charge in [0.15, 0.2) is 0 Å². The van der Waals surface area contributed by atoms with E-state index in [1.807, 2.05) is 4.90 Å². The third-order valence-corrected chi connectivity index (χ3v) is 7.92. The van der Waals surface area contributed by atoms with Gasteiger partial charge in [0, 0.05) is 26.2 Å². The summed E-state index contributed by atoms with van der Waals surface area (Å²) in [6.07, 6.45) is 0. The van der Waals surface area contributed by atoms with Crippen molar-refractivity contribution in [3.63, 3.8) is 0 Å². The molecule has 0 saturated carbocycles. The molecule has 2 aromatic rings. The minimum atomic E-state index is -3.82. The maximum atomic E-state index is 13.5. The van der Waals surface area contributed by atoms with E-state index >= 15 is 0 Å². The number of sulfonamides is 1. The van der Waals surface area contributed by atoms with Gasteiger partial charge < -0.3 is 10.1 Å². The Hall–Kier alpha value is -3.02. The molecule has 2 heterocycles. The van der Waals surface area contributed by atoms with Gasteiger partial charge in [-0.25, -0.2) is 22.5 Å². The van der Waals surface area contributed by atoms with Crippen molar-refractivity contribution in [1.82, 2.24) is 19.4 Å². The van der Waals surface area contributed by atoms with Gasteiger partial charge in [-0.3, -0.25) is 9.69 Å². The first kappa shape index (κ1) is 23.1. The quantitative estimate of drug-likeness (QED) is 0.636. The van der Waals surface area contributed by atoms with Crippen LogP contribution in [0.25, 0.3) is 0 Å². The number of hydrogen-bond donors (Lipinski definition) is 1. The summed E-state index contributed by atoms with van der Waals surface area (Å²) in [5.41, 5.74) is -0.623. The lowest BCUT2D eigenvalue weighted by molar-refractivity contribution is -0.132. The molecule has 1 atom stereocenters. The molecule has 176 valence electrons. The minimum Gasteiger partial charge on any atom is -0.497 e. The predicted molar refractivity (Wildman–Crippen MR) is 117 cm³/mol. The molecule has 2 aliphatic heterocycles. The zero-order chi connectivity index (χ0) is 23.8. The van der Waals surface area contributed by atoms with Crippen molar-refractivity contribution in [3.05, 3.63) is 59.9 Å². The van der Waals surface area contributed by atoms with Gasteiger partial charge in [-0.15, -0.1) is 0 Å². The first-order valence-corrected chi connectivity index (χ1v) is 11.9. The van der Waals surface area contributed by atoms with Crippen LogP contribution in [0.2, 0.25) is 0 Å². The number of benzene rings is 2. The van der Waals surface area contributed by atoms with Crippen LogP contribution in [-0.2, 0) is 20.4 Å². The number of hydrogen-bond acceptors (Lipinski definition) is 6. The fourth-order valence-corrected chi connectivity index (χ4v) is 5.50. The molecule has 2 aromatic carbocycles. The Morgan fingerprint density at radius 2 is 1.76 bits per heavy atom. The zero-order valence-electron chi connectivity index (χ0n) is 18.3. The largest absolute Gasteiger partial charge is 0.497 e. The third kappa shape index (κ3) is 4.31. The van der Waals surface area contributed by atoms with Gasteiger partial charge >= 0.3 is 6.03 Å². The van der Waals surface area contributed by atoms with E-state index in [1.54, 1.807) is 31.2 Å². The van der Waals surface area contributed by atoms with Gasteiger partial charge in [-0.2, -0.15) is 4.31 Å². The van der Waals surface area contributed by atoms with Crippen LogP contribution < -0.4 is 10.1 Å². The summed E-state index contributed by atoms with van der Waals surface area (Å²) < 4.78 is 45.6. The molecule has 0 spiro atoms. The fourth-order valence-electron chi connectivity index (χ4n) is 4.04. The molecule has 0 aromatic heterocycles. The number of carbonyl (C=O) groups is 2. The number of amides is 3. The third-order valence-electron chi connectivity index (χ3n) is 6.03. The van der Waals surface area contributed by atoms with Gasteiger partial charge in [0.05, 0.1) is 18.7 Å². The van der Waals surface area contributed by atoms with E-state index in [0.29, 0.717) is 24.4 Å². The van der Waals surface area contributed by atoms with E-state index in [-0.39, 0.29) is 24.7 Å². The second-order valence-electron chi connectivity index (χ2n) is 8.14. The molecule has 1 unspecified atom stereocenters. The Morgan fingerprint density at radius 3 is 2.42 bits per heavy atom. The Labute approximate surface area is 191 Å². The van der Waals surface area contributed by atoms with E-state index in [9.17, 15) is 22.4 Å². The highest BCUT2D eigenvalue weighted by atomic mass is 32.2. The SMILES string of the molecule is COc1cccc(C2(C)NC(=O)N(CN3CCN(S(=O)(=O)c4cccc(F)c4)CC3)C2=O)c1. The van der Waals surface area contributed by atoms with Crippen molar-refractivity contribution in [2.24, 2.45) is 0 Å². The summed E-state index contributed by atoms with van der Waals surface area (Å²) in [4.78, 5) is 28.7. The summed E-state index contributed by atoms with van der Waals surface area (Å²) in [6, 6.07) is 11.3. The lowest BCUT2D eigenvalue weighted by Gasteiger charge is -2.35. The second kappa shape index (κ2) is 8.73. The molecule has 2 aliphatic rings. The molecule has 4 rings (SSSR count). The van der Waals surface area contributed by atoms with Gasteiger partial charge in [0.2, 0.25) is 10.0 Å². The van der Waals surface area contributed by atoms with Crippen LogP contribution in [0.15, 0.2) is 53.4 Å². The molecule has 11 heteroatoms. The molecular weight excluding hydrogens is 451 g/mol. The molecule has 0 aliphatic carbocycles. The fraction of sp³-hybridized carbons (Fsp3) is 0.364. The van der Waals surface area contributed by atoms with E-state index in [2.05, 4.69) is 5.32 Å². The molecule has 2 saturated heterocycles. The number of imide groups is 1. The highest BCUT2D eigenvalue weighted by Crippen LogP contribution is 2.31. The van der Waals surface area contributed by atoms with E-state index in [4.69, 9.17) is 4.74 Å². The first-order chi connectivity index (χ1) is 15.6. The van der Waals surface area contributed by atoms with Crippen molar-refractivity contribution in [2.75, 3.05) is 40.0 Å². The molecule has 1 N–H and O–H groups in total. The zero-order valence-corrected chi connectivity index (χ0v) is 19.1. The summed E-state index contributed by atoms with van der Waals surface area (Å²) in [5, 5.41) is 2.76. The number of carbonyl (C=O) groups excluding carboxylic acids is 2. The Morgan fingerprint density at radius 1 is 1.06 bits per heavy atom. The van der Waals surface area contributed by atoms with E-state index in [0.717, 1.165) is 11.0 Å². The summed E-state index contributed by atoms with van der Waals surface area (Å²) in [6.45, 7) is 2.65. The Kier molecular flexibility index (Phi) is 6.12. The lowest BCUT2D eigenvalue weighted by Crippen LogP contribution is -2.52. The van der Waals surface area contributed by atoms with Crippen molar-refractivity contribution in [2.45, 2.75) is 17.4 Å². The van der Waals surface area contributed by atoms with Gasteiger partial charge in [-0.05, 0) is 42.8 Å². The number of halogens is 1. The smallest absolute Gasteiger partial charge is 0.326 e. The van der Waals surface area contributed by atoms with Crippen molar-refractivity contribution >= 4 is 22.0 Å². The van der Waals surface area contributed by atoms with Gasteiger partial charge in [0.25, 0.3) is 5.91 Å². The average molecular weight is 477 g/mol. The second-order valence-corrected chi connectivity index (χ2v) is 10.1. The van der Waals surface area contributed by atoms with Crippen LogP contribution in [0, 0.1) is 5.82 Å². The van der Waals surface area contributed by atoms with Gasteiger partial charge in [-0.1, -0.05) is 18.2 Å². The van der Waals surface area contributed by atoms with Crippen LogP contribution in [0.3, 0.4) is 0 Å². The maximum absolute atomic E-state index is 13.5. The number of rotatable bonds is 6. The monoisotopic (exact) mass is 476 g/mol. The van der Waals surface area contributed by atoms with Crippen molar-refractivity contribution in [1.29, 1.82) is 0 Å². The summed E-state index contributed by atoms with van der Waals surface area (Å²) >= 11 is 0. The van der Waals surface area contributed by atoms with Crippen molar-refractivity contribution < 1.29 is 27.1 Å². The number of nitrogens with one attached hydrogen (secondary N) is 1. The summed E-state index contributed by atoms with van der Waals surface area (Å²) in [7, 11) is -2.30. The Bertz CT molecular complexity index is 1180. The number of urea groups is 1. The van der Waals surface area contributed by atoms with Crippen LogP contribution in [0.1, 0.15) is 12.5 Å². The molecule has 9 nitrogen and oxygen atoms in total. The molecular formula is C22H25FN4O5S. The predicted octanol–water partition coefficient (Wildman–Crippen LogP) is 1.57. The standard InChI is InChI=1S/C22H25FN4O5S/c1-22(16-5-3-7-18(13-16)32-2)20(28)27(21(29)24-22)15-25-9-11-26(12-10-25)33(30,31)19-8-4-6-17(23)14-19/h3-8,13-14H,9-12,15H2,1-2H3,(H,24,29). The molecule has 2 fully saturated rings. The summed E-state index contributed by atoms with van der Waals surface area (Å²) in [5.74, 6) is -0.437. The van der Waals surface area contributed by atoms with Gasteiger partial charge in [0.1, 0.15) is 17.1 Å². The molecule has 33 heavy (non-hydrogen) atoms. The van der Waals surface area contributed by atoms with Crippen LogP contribution in [-0.4, -0.2) is 74.4 Å². The number of nitrogens with zero attached hydrogens (tertiary/aromatic N) is 3. The van der Waals surface area contributed by atoms with Crippen LogP contribution in [0.5, 0.6) is 5.75 Å². The van der Waals surface area contributed by atoms with Crippen LogP contribution >= 0.6 is 0 Å². The number of piperazine rings is 1. The molecule has 0 bridgehead atoms. The topological polar surface area (TPSA) is 99.3 Å². The number of ether oxygens (including phenoxy) is 1. The Balaban J connectivity index is 1.42. The van der Waals surface area contributed by atoms with Crippen LogP contribution in [0.4, 0.5) is 9.18 Å². The lowest BCUT2D eigenvalue weighted by atomic mass is 9.92. The highest BCUT2D eigenvalue weighted by molar-refractivity contribution is 7.89. The minimum absolute atomic E-state index is 0.0398. The maximum Gasteiger partial charge on any atom is 0.326 e. The van der Waals surface area contributed by atoms with Crippen molar-refractivity contribution in [3.8, 4) is 5.75 Å². The first-order valence-electron chi connectivity index (χ1n) is 10.4. The highest BCUT2D eigenvalue weighted by Gasteiger charge is 2.49.